The summed E-state index contributed by atoms with van der Waals surface area (Å²) in [5.74, 6) is 0. The van der Waals surface area contributed by atoms with Gasteiger partial charge in [0.05, 0.1) is 82.7 Å². The normalized spacial score (nSPS) is 14.8. The number of rotatable bonds is 40. The number of aliphatic hydroxyl groups is 4. The zero-order valence-corrected chi connectivity index (χ0v) is 44.5. The molecule has 8 unspecified atom stereocenters. The molecule has 0 rings (SSSR count). The highest BCUT2D eigenvalue weighted by Gasteiger charge is 2.33. The number of ether oxygens (including phenoxy) is 20. The Hall–Kier alpha value is -6.16. The lowest BCUT2D eigenvalue weighted by atomic mass is 9.92. The summed E-state index contributed by atoms with van der Waals surface area (Å²) in [7, 11) is 0. The molecule has 448 valence electrons. The first-order chi connectivity index (χ1) is 36.4. The van der Waals surface area contributed by atoms with Gasteiger partial charge in [0.2, 0.25) is 0 Å². The van der Waals surface area contributed by atoms with Gasteiger partial charge in [0.1, 0.15) is 104 Å². The van der Waals surface area contributed by atoms with Crippen molar-refractivity contribution in [3.05, 3.63) is 0 Å². The Morgan fingerprint density at radius 1 is 0.273 bits per heavy atom. The molecule has 0 bridgehead atoms. The van der Waals surface area contributed by atoms with Gasteiger partial charge in [-0.2, -0.15) is 0 Å². The lowest BCUT2D eigenvalue weighted by Crippen LogP contribution is -2.43. The van der Waals surface area contributed by atoms with Crippen LogP contribution in [0.2, 0.25) is 0 Å². The van der Waals surface area contributed by atoms with Crippen LogP contribution in [0.15, 0.2) is 0 Å². The zero-order valence-electron chi connectivity index (χ0n) is 44.5. The molecule has 77 heavy (non-hydrogen) atoms. The van der Waals surface area contributed by atoms with Crippen LogP contribution in [-0.2, 0) is 94.7 Å². The minimum Gasteiger partial charge on any atom is -0.432 e. The molecule has 32 nitrogen and oxygen atoms in total. The average molecular weight is 1130 g/mol. The fourth-order valence-electron chi connectivity index (χ4n) is 4.73. The minimum absolute atomic E-state index is 0.255. The minimum atomic E-state index is -1.29. The van der Waals surface area contributed by atoms with E-state index < -0.39 is 130 Å². The molecular weight excluding hydrogens is 1050 g/mol. The van der Waals surface area contributed by atoms with Gasteiger partial charge in [0.15, 0.2) is 0 Å². The smallest absolute Gasteiger partial charge is 0.432 e. The zero-order chi connectivity index (χ0) is 58.0. The highest BCUT2D eigenvalue weighted by atomic mass is 16.8. The molecule has 0 heterocycles. The summed E-state index contributed by atoms with van der Waals surface area (Å²) >= 11 is 0. The van der Waals surface area contributed by atoms with Gasteiger partial charge in [0.25, 0.3) is 0 Å². The van der Waals surface area contributed by atoms with Gasteiger partial charge in [-0.3, -0.25) is 0 Å². The van der Waals surface area contributed by atoms with Gasteiger partial charge >= 0.3 is 49.2 Å². The van der Waals surface area contributed by atoms with E-state index in [2.05, 4.69) is 18.9 Å². The van der Waals surface area contributed by atoms with E-state index in [1.54, 1.807) is 0 Å². The predicted octanol–water partition coefficient (Wildman–Crippen LogP) is 2.34. The van der Waals surface area contributed by atoms with Crippen molar-refractivity contribution < 1.29 is 154 Å². The summed E-state index contributed by atoms with van der Waals surface area (Å²) in [6.07, 6.45) is -16.5. The van der Waals surface area contributed by atoms with E-state index in [-0.39, 0.29) is 106 Å². The largest absolute Gasteiger partial charge is 0.508 e. The van der Waals surface area contributed by atoms with E-state index in [0.717, 1.165) is 0 Å². The summed E-state index contributed by atoms with van der Waals surface area (Å²) in [5.41, 5.74) is -1.29. The van der Waals surface area contributed by atoms with Gasteiger partial charge < -0.3 is 115 Å². The third-order valence-corrected chi connectivity index (χ3v) is 8.13. The van der Waals surface area contributed by atoms with Gasteiger partial charge in [0, 0.05) is 0 Å². The molecule has 0 aromatic carbocycles. The molecule has 0 amide bonds. The molecule has 0 aliphatic rings. The Balaban J connectivity index is 5.78. The maximum Gasteiger partial charge on any atom is 0.508 e. The fourth-order valence-corrected chi connectivity index (χ4v) is 4.73. The quantitative estimate of drug-likeness (QED) is 0.0388. The van der Waals surface area contributed by atoms with Gasteiger partial charge in [-0.05, 0) is 55.4 Å². The summed E-state index contributed by atoms with van der Waals surface area (Å²) in [4.78, 5) is 95.8. The van der Waals surface area contributed by atoms with Crippen LogP contribution in [-0.4, -0.2) is 251 Å². The van der Waals surface area contributed by atoms with Crippen LogP contribution in [0.1, 0.15) is 55.4 Å². The fraction of sp³-hybridized carbons (Fsp3) is 0.822. The van der Waals surface area contributed by atoms with Crippen LogP contribution < -0.4 is 0 Å². The van der Waals surface area contributed by atoms with E-state index in [1.807, 2.05) is 0 Å². The molecule has 0 aromatic rings. The molecule has 32 heteroatoms. The molecule has 0 aromatic heterocycles. The van der Waals surface area contributed by atoms with Crippen molar-refractivity contribution in [3.63, 3.8) is 0 Å². The van der Waals surface area contributed by atoms with Crippen molar-refractivity contribution in [2.75, 3.05) is 132 Å². The SMILES string of the molecule is CC(O)COC(=O)OC(C)COC(=O)OCCOCC(COCCOC(=O)OCC(C)OC(=O)OCC(C)O)(COCCOC(=O)OCC(C)OC(=O)OCC(C)O)COCCOC(=O)OCC(C)OC(=O)OCC(C)O. The van der Waals surface area contributed by atoms with E-state index >= 15 is 0 Å². The first-order valence-corrected chi connectivity index (χ1v) is 23.9. The summed E-state index contributed by atoms with van der Waals surface area (Å²) < 4.78 is 102. The Morgan fingerprint density at radius 2 is 0.455 bits per heavy atom. The Kier molecular flexibility index (Phi) is 39.5. The van der Waals surface area contributed by atoms with Crippen molar-refractivity contribution in [1.29, 1.82) is 0 Å². The van der Waals surface area contributed by atoms with Crippen molar-refractivity contribution >= 4 is 49.2 Å². The second-order valence-corrected chi connectivity index (χ2v) is 16.7. The lowest BCUT2D eigenvalue weighted by Gasteiger charge is -2.33. The van der Waals surface area contributed by atoms with Crippen molar-refractivity contribution in [2.45, 2.75) is 104 Å². The molecule has 0 saturated heterocycles. The van der Waals surface area contributed by atoms with Crippen LogP contribution in [0.3, 0.4) is 0 Å². The highest BCUT2D eigenvalue weighted by Crippen LogP contribution is 2.21. The van der Waals surface area contributed by atoms with Crippen molar-refractivity contribution in [1.82, 2.24) is 0 Å². The van der Waals surface area contributed by atoms with E-state index in [9.17, 15) is 58.8 Å². The van der Waals surface area contributed by atoms with Gasteiger partial charge in [-0.1, -0.05) is 0 Å². The summed E-state index contributed by atoms with van der Waals surface area (Å²) in [6.45, 7) is 4.74. The molecule has 0 radical (unpaired) electrons. The molecule has 0 fully saturated rings. The number of carbonyl (C=O) groups excluding carboxylic acids is 8. The van der Waals surface area contributed by atoms with Crippen molar-refractivity contribution in [3.8, 4) is 0 Å². The summed E-state index contributed by atoms with van der Waals surface area (Å²) in [6, 6.07) is 0. The maximum absolute atomic E-state index is 12.2. The van der Waals surface area contributed by atoms with Crippen LogP contribution in [0.4, 0.5) is 38.4 Å². The second-order valence-electron chi connectivity index (χ2n) is 16.7. The monoisotopic (exact) mass is 1130 g/mol. The molecule has 0 saturated carbocycles. The van der Waals surface area contributed by atoms with Crippen LogP contribution >= 0.6 is 0 Å². The number of aliphatic hydroxyl groups excluding tert-OH is 4. The topological polar surface area (TPSA) is 402 Å². The van der Waals surface area contributed by atoms with E-state index in [0.29, 0.717) is 0 Å². The average Bonchev–Trinajstić information content (AvgIpc) is 3.35. The standard InChI is InChI=1S/C45H76O32/c1-29(46)17-66-41(54)74-33(5)21-70-37(50)62-13-9-58-25-45(26-59-10-14-63-38(51)71-22-34(6)75-42(55)67-18-30(2)47,27-60-11-15-64-39(52)72-23-35(7)76-43(56)68-19-31(3)48)28-61-12-16-65-40(53)73-24-36(8)77-44(57)69-20-32(4)49/h29-36,46-49H,9-28H2,1-8H3. The van der Waals surface area contributed by atoms with Gasteiger partial charge in [-0.15, -0.1) is 0 Å². The Labute approximate surface area is 444 Å². The first kappa shape index (κ1) is 70.8. The Bertz CT molecular complexity index is 1420. The third kappa shape index (κ3) is 43.6. The summed E-state index contributed by atoms with van der Waals surface area (Å²) in [5, 5.41) is 37.0. The Morgan fingerprint density at radius 3 is 0.636 bits per heavy atom. The van der Waals surface area contributed by atoms with E-state index in [4.69, 9.17) is 75.8 Å². The predicted molar refractivity (Wildman–Crippen MR) is 249 cm³/mol. The lowest BCUT2D eigenvalue weighted by molar-refractivity contribution is -0.119. The van der Waals surface area contributed by atoms with E-state index in [1.165, 1.54) is 55.4 Å². The van der Waals surface area contributed by atoms with Crippen LogP contribution in [0.25, 0.3) is 0 Å². The molecule has 0 spiro atoms. The molecule has 0 aliphatic heterocycles. The molecule has 0 aliphatic carbocycles. The number of hydrogen-bond acceptors (Lipinski definition) is 32. The van der Waals surface area contributed by atoms with Crippen LogP contribution in [0, 0.1) is 5.41 Å². The highest BCUT2D eigenvalue weighted by molar-refractivity contribution is 5.63. The van der Waals surface area contributed by atoms with Crippen molar-refractivity contribution in [2.24, 2.45) is 5.41 Å². The van der Waals surface area contributed by atoms with Gasteiger partial charge in [-0.25, -0.2) is 38.4 Å². The number of carbonyl (C=O) groups is 8. The molecule has 4 N–H and O–H groups in total. The second kappa shape index (κ2) is 42.9. The maximum atomic E-state index is 12.2. The third-order valence-electron chi connectivity index (χ3n) is 8.13. The number of hydrogen-bond donors (Lipinski definition) is 4. The molecular formula is C45H76O32. The first-order valence-electron chi connectivity index (χ1n) is 23.9. The van der Waals surface area contributed by atoms with Crippen LogP contribution in [0.5, 0.6) is 0 Å². The molecule has 8 atom stereocenters.